The predicted octanol–water partition coefficient (Wildman–Crippen LogP) is 3.48. The van der Waals surface area contributed by atoms with Crippen LogP contribution in [0.4, 0.5) is 5.69 Å². The summed E-state index contributed by atoms with van der Waals surface area (Å²) in [7, 11) is 0. The molecule has 5 nitrogen and oxygen atoms in total. The number of para-hydroxylation sites is 1. The number of nitrogens with zero attached hydrogens (tertiary/aromatic N) is 2. The molecule has 0 amide bonds. The average molecular weight is 300 g/mol. The van der Waals surface area contributed by atoms with Gasteiger partial charge in [0.25, 0.3) is 0 Å². The highest BCUT2D eigenvalue weighted by molar-refractivity contribution is 7.99. The Morgan fingerprint density at radius 1 is 1.24 bits per heavy atom. The SMILES string of the molecule is CC(C)Oc1ncnc(Sc2cc3ccccc3[nH]2)c1N. The van der Waals surface area contributed by atoms with Gasteiger partial charge in [-0.1, -0.05) is 18.2 Å². The van der Waals surface area contributed by atoms with Gasteiger partial charge in [0, 0.05) is 10.9 Å². The molecule has 0 atom stereocenters. The molecule has 3 aromatic rings. The van der Waals surface area contributed by atoms with Gasteiger partial charge in [-0.25, -0.2) is 4.98 Å². The van der Waals surface area contributed by atoms with Crippen LogP contribution in [0.3, 0.4) is 0 Å². The van der Waals surface area contributed by atoms with Crippen molar-refractivity contribution in [2.45, 2.75) is 30.0 Å². The second kappa shape index (κ2) is 5.65. The van der Waals surface area contributed by atoms with Crippen LogP contribution in [0.1, 0.15) is 13.8 Å². The van der Waals surface area contributed by atoms with Gasteiger partial charge in [0.05, 0.1) is 11.1 Å². The quantitative estimate of drug-likeness (QED) is 0.721. The standard InChI is InChI=1S/C15H16N4OS/c1-9(2)20-14-13(16)15(18-8-17-14)21-12-7-10-5-3-4-6-11(10)19-12/h3-9,19H,16H2,1-2H3. The van der Waals surface area contributed by atoms with Crippen LogP contribution in [-0.4, -0.2) is 21.1 Å². The predicted molar refractivity (Wildman–Crippen MR) is 84.6 cm³/mol. The lowest BCUT2D eigenvalue weighted by atomic mass is 10.3. The molecule has 0 radical (unpaired) electrons. The minimum Gasteiger partial charge on any atom is -0.473 e. The molecular weight excluding hydrogens is 284 g/mol. The maximum absolute atomic E-state index is 6.09. The van der Waals surface area contributed by atoms with E-state index in [0.29, 0.717) is 16.6 Å². The number of H-pyrrole nitrogens is 1. The number of benzene rings is 1. The molecule has 0 aliphatic rings. The van der Waals surface area contributed by atoms with Crippen LogP contribution in [0.15, 0.2) is 46.7 Å². The molecule has 3 N–H and O–H groups in total. The van der Waals surface area contributed by atoms with E-state index in [-0.39, 0.29) is 6.10 Å². The Balaban J connectivity index is 1.90. The number of nitrogen functional groups attached to an aromatic ring is 1. The fraction of sp³-hybridized carbons (Fsp3) is 0.200. The lowest BCUT2D eigenvalue weighted by molar-refractivity contribution is 0.233. The van der Waals surface area contributed by atoms with Crippen LogP contribution in [0, 0.1) is 0 Å². The summed E-state index contributed by atoms with van der Waals surface area (Å²) in [6, 6.07) is 10.2. The molecule has 1 aromatic carbocycles. The lowest BCUT2D eigenvalue weighted by Gasteiger charge is -2.11. The van der Waals surface area contributed by atoms with E-state index in [4.69, 9.17) is 10.5 Å². The summed E-state index contributed by atoms with van der Waals surface area (Å²) in [5, 5.41) is 2.83. The van der Waals surface area contributed by atoms with Gasteiger partial charge in [0.15, 0.2) is 0 Å². The first-order chi connectivity index (χ1) is 10.1. The summed E-state index contributed by atoms with van der Waals surface area (Å²) in [5.41, 5.74) is 7.65. The summed E-state index contributed by atoms with van der Waals surface area (Å²) in [4.78, 5) is 11.7. The maximum atomic E-state index is 6.09. The van der Waals surface area contributed by atoms with Crippen molar-refractivity contribution in [3.63, 3.8) is 0 Å². The Kier molecular flexibility index (Phi) is 3.70. The van der Waals surface area contributed by atoms with E-state index in [9.17, 15) is 0 Å². The average Bonchev–Trinajstić information content (AvgIpc) is 2.85. The third kappa shape index (κ3) is 2.95. The Bertz CT molecular complexity index is 736. The Labute approximate surface area is 126 Å². The van der Waals surface area contributed by atoms with E-state index in [2.05, 4.69) is 27.1 Å². The van der Waals surface area contributed by atoms with Crippen molar-refractivity contribution < 1.29 is 4.74 Å². The first-order valence-corrected chi connectivity index (χ1v) is 7.48. The Hall–Kier alpha value is -2.21. The zero-order chi connectivity index (χ0) is 14.8. The molecule has 0 saturated carbocycles. The van der Waals surface area contributed by atoms with E-state index < -0.39 is 0 Å². The van der Waals surface area contributed by atoms with Crippen LogP contribution in [0.25, 0.3) is 10.9 Å². The number of aromatic amines is 1. The number of anilines is 1. The molecule has 21 heavy (non-hydrogen) atoms. The highest BCUT2D eigenvalue weighted by Crippen LogP contribution is 2.35. The fourth-order valence-electron chi connectivity index (χ4n) is 1.97. The molecule has 0 bridgehead atoms. The normalized spacial score (nSPS) is 11.2. The number of fused-ring (bicyclic) bond motifs is 1. The van der Waals surface area contributed by atoms with Crippen molar-refractivity contribution in [1.82, 2.24) is 15.0 Å². The number of nitrogens with one attached hydrogen (secondary N) is 1. The summed E-state index contributed by atoms with van der Waals surface area (Å²) < 4.78 is 5.58. The Morgan fingerprint density at radius 3 is 2.81 bits per heavy atom. The largest absolute Gasteiger partial charge is 0.473 e. The molecule has 0 unspecified atom stereocenters. The van der Waals surface area contributed by atoms with Crippen molar-refractivity contribution in [2.75, 3.05) is 5.73 Å². The van der Waals surface area contributed by atoms with Gasteiger partial charge in [0.1, 0.15) is 17.0 Å². The number of rotatable bonds is 4. The summed E-state index contributed by atoms with van der Waals surface area (Å²) in [5.74, 6) is 0.429. The van der Waals surface area contributed by atoms with Gasteiger partial charge < -0.3 is 15.5 Å². The van der Waals surface area contributed by atoms with Gasteiger partial charge in [-0.2, -0.15) is 4.98 Å². The van der Waals surface area contributed by atoms with Crippen molar-refractivity contribution in [3.8, 4) is 5.88 Å². The number of ether oxygens (including phenoxy) is 1. The van der Waals surface area contributed by atoms with E-state index in [0.717, 1.165) is 15.9 Å². The zero-order valence-corrected chi connectivity index (χ0v) is 12.6. The highest BCUT2D eigenvalue weighted by atomic mass is 32.2. The summed E-state index contributed by atoms with van der Waals surface area (Å²) in [6.45, 7) is 3.87. The number of nitrogens with two attached hydrogens (primary N) is 1. The van der Waals surface area contributed by atoms with Crippen molar-refractivity contribution in [1.29, 1.82) is 0 Å². The van der Waals surface area contributed by atoms with E-state index >= 15 is 0 Å². The zero-order valence-electron chi connectivity index (χ0n) is 11.8. The monoisotopic (exact) mass is 300 g/mol. The molecule has 0 spiro atoms. The van der Waals surface area contributed by atoms with Crippen LogP contribution < -0.4 is 10.5 Å². The lowest BCUT2D eigenvalue weighted by Crippen LogP contribution is -2.09. The van der Waals surface area contributed by atoms with Crippen LogP contribution in [0.2, 0.25) is 0 Å². The minimum absolute atomic E-state index is 0.0214. The van der Waals surface area contributed by atoms with Gasteiger partial charge >= 0.3 is 0 Å². The van der Waals surface area contributed by atoms with E-state index in [1.54, 1.807) is 0 Å². The molecule has 0 saturated heterocycles. The number of hydrogen-bond acceptors (Lipinski definition) is 5. The van der Waals surface area contributed by atoms with Crippen LogP contribution >= 0.6 is 11.8 Å². The molecule has 3 rings (SSSR count). The van der Waals surface area contributed by atoms with Crippen LogP contribution in [0.5, 0.6) is 5.88 Å². The number of hydrogen-bond donors (Lipinski definition) is 2. The van der Waals surface area contributed by atoms with Crippen molar-refractivity contribution >= 4 is 28.4 Å². The molecule has 108 valence electrons. The third-order valence-corrected chi connectivity index (χ3v) is 3.83. The molecule has 2 aromatic heterocycles. The molecule has 0 aliphatic heterocycles. The smallest absolute Gasteiger partial charge is 0.241 e. The van der Waals surface area contributed by atoms with Gasteiger partial charge in [-0.05, 0) is 37.7 Å². The topological polar surface area (TPSA) is 76.8 Å². The molecule has 2 heterocycles. The summed E-state index contributed by atoms with van der Waals surface area (Å²) >= 11 is 1.47. The fourth-order valence-corrected chi connectivity index (χ4v) is 2.82. The van der Waals surface area contributed by atoms with Gasteiger partial charge in [0.2, 0.25) is 5.88 Å². The third-order valence-electron chi connectivity index (χ3n) is 2.87. The maximum Gasteiger partial charge on any atom is 0.241 e. The highest BCUT2D eigenvalue weighted by Gasteiger charge is 2.13. The van der Waals surface area contributed by atoms with Crippen molar-refractivity contribution in [2.24, 2.45) is 0 Å². The second-order valence-corrected chi connectivity index (χ2v) is 5.92. The van der Waals surface area contributed by atoms with E-state index in [1.807, 2.05) is 32.0 Å². The van der Waals surface area contributed by atoms with Crippen LogP contribution in [-0.2, 0) is 0 Å². The molecule has 0 aliphatic carbocycles. The molecule has 6 heteroatoms. The van der Waals surface area contributed by atoms with E-state index in [1.165, 1.54) is 18.1 Å². The first-order valence-electron chi connectivity index (χ1n) is 6.66. The first kappa shape index (κ1) is 13.8. The second-order valence-electron chi connectivity index (χ2n) is 4.89. The molecular formula is C15H16N4OS. The van der Waals surface area contributed by atoms with Gasteiger partial charge in [-0.15, -0.1) is 0 Å². The number of aromatic nitrogens is 3. The summed E-state index contributed by atoms with van der Waals surface area (Å²) in [6.07, 6.45) is 1.49. The van der Waals surface area contributed by atoms with Crippen molar-refractivity contribution in [3.05, 3.63) is 36.7 Å². The minimum atomic E-state index is 0.0214. The Morgan fingerprint density at radius 2 is 2.05 bits per heavy atom. The van der Waals surface area contributed by atoms with Gasteiger partial charge in [-0.3, -0.25) is 0 Å². The molecule has 0 fully saturated rings.